The van der Waals surface area contributed by atoms with Gasteiger partial charge in [0, 0.05) is 37.8 Å². The van der Waals surface area contributed by atoms with Crippen LogP contribution in [-0.2, 0) is 11.3 Å². The van der Waals surface area contributed by atoms with Gasteiger partial charge in [-0.25, -0.2) is 4.39 Å². The molecule has 2 heterocycles. The third-order valence-electron chi connectivity index (χ3n) is 4.01. The Labute approximate surface area is 107 Å². The minimum atomic E-state index is -0.110. The van der Waals surface area contributed by atoms with Gasteiger partial charge >= 0.3 is 0 Å². The largest absolute Gasteiger partial charge is 0.374 e. The van der Waals surface area contributed by atoms with Crippen LogP contribution in [0, 0.1) is 5.82 Å². The average molecular weight is 250 g/mol. The summed E-state index contributed by atoms with van der Waals surface area (Å²) in [5, 5.41) is 0. The van der Waals surface area contributed by atoms with Crippen LogP contribution in [0.25, 0.3) is 0 Å². The fraction of sp³-hybridized carbons (Fsp3) is 0.571. The normalized spacial score (nSPS) is 29.4. The SMILES string of the molecule is CN1CCO[C@@H]2CN(Cc3ccccc3F)C[C@@H]21. The van der Waals surface area contributed by atoms with Gasteiger partial charge in [-0.2, -0.15) is 0 Å². The smallest absolute Gasteiger partial charge is 0.127 e. The molecule has 2 aliphatic heterocycles. The first-order chi connectivity index (χ1) is 8.74. The fourth-order valence-electron chi connectivity index (χ4n) is 2.93. The van der Waals surface area contributed by atoms with Crippen LogP contribution in [0.5, 0.6) is 0 Å². The highest BCUT2D eigenvalue weighted by molar-refractivity contribution is 5.17. The zero-order chi connectivity index (χ0) is 12.5. The molecule has 0 spiro atoms. The van der Waals surface area contributed by atoms with Gasteiger partial charge in [-0.3, -0.25) is 9.80 Å². The van der Waals surface area contributed by atoms with E-state index in [4.69, 9.17) is 4.74 Å². The minimum Gasteiger partial charge on any atom is -0.374 e. The number of benzene rings is 1. The van der Waals surface area contributed by atoms with Crippen LogP contribution in [0.15, 0.2) is 24.3 Å². The number of rotatable bonds is 2. The summed E-state index contributed by atoms with van der Waals surface area (Å²) in [4.78, 5) is 4.64. The highest BCUT2D eigenvalue weighted by atomic mass is 19.1. The predicted molar refractivity (Wildman–Crippen MR) is 67.8 cm³/mol. The number of likely N-dealkylation sites (N-methyl/N-ethyl adjacent to an activating group) is 1. The van der Waals surface area contributed by atoms with Gasteiger partial charge in [0.15, 0.2) is 0 Å². The molecule has 3 rings (SSSR count). The molecule has 2 atom stereocenters. The molecule has 2 saturated heterocycles. The lowest BCUT2D eigenvalue weighted by Gasteiger charge is -2.33. The molecule has 0 unspecified atom stereocenters. The molecule has 1 aromatic carbocycles. The summed E-state index contributed by atoms with van der Waals surface area (Å²) in [5.41, 5.74) is 0.777. The van der Waals surface area contributed by atoms with E-state index >= 15 is 0 Å². The monoisotopic (exact) mass is 250 g/mol. The summed E-state index contributed by atoms with van der Waals surface area (Å²) >= 11 is 0. The number of hydrogen-bond donors (Lipinski definition) is 0. The maximum Gasteiger partial charge on any atom is 0.127 e. The van der Waals surface area contributed by atoms with Gasteiger partial charge in [0.2, 0.25) is 0 Å². The Bertz CT molecular complexity index is 426. The Morgan fingerprint density at radius 1 is 1.33 bits per heavy atom. The zero-order valence-electron chi connectivity index (χ0n) is 10.7. The van der Waals surface area contributed by atoms with Gasteiger partial charge in [-0.1, -0.05) is 18.2 Å². The molecule has 2 aliphatic rings. The fourth-order valence-corrected chi connectivity index (χ4v) is 2.93. The maximum atomic E-state index is 13.6. The van der Waals surface area contributed by atoms with Crippen LogP contribution in [0.3, 0.4) is 0 Å². The van der Waals surface area contributed by atoms with Gasteiger partial charge in [-0.05, 0) is 13.1 Å². The van der Waals surface area contributed by atoms with Gasteiger partial charge in [0.05, 0.1) is 12.7 Å². The number of nitrogens with zero attached hydrogens (tertiary/aromatic N) is 2. The number of hydrogen-bond acceptors (Lipinski definition) is 3. The van der Waals surface area contributed by atoms with Crippen LogP contribution in [0.2, 0.25) is 0 Å². The van der Waals surface area contributed by atoms with Gasteiger partial charge in [0.25, 0.3) is 0 Å². The molecule has 3 nitrogen and oxygen atoms in total. The molecular formula is C14H19FN2O. The van der Waals surface area contributed by atoms with Crippen LogP contribution < -0.4 is 0 Å². The van der Waals surface area contributed by atoms with Crippen molar-refractivity contribution in [1.29, 1.82) is 0 Å². The third-order valence-corrected chi connectivity index (χ3v) is 4.01. The maximum absolute atomic E-state index is 13.6. The second-order valence-electron chi connectivity index (χ2n) is 5.24. The number of ether oxygens (including phenoxy) is 1. The van der Waals surface area contributed by atoms with E-state index in [1.807, 2.05) is 12.1 Å². The molecule has 0 radical (unpaired) electrons. The summed E-state index contributed by atoms with van der Waals surface area (Å²) in [6, 6.07) is 7.48. The van der Waals surface area contributed by atoms with Crippen LogP contribution in [0.4, 0.5) is 4.39 Å². The summed E-state index contributed by atoms with van der Waals surface area (Å²) in [6.45, 7) is 4.36. The molecule has 0 saturated carbocycles. The molecule has 1 aromatic rings. The summed E-state index contributed by atoms with van der Waals surface area (Å²) in [7, 11) is 2.15. The van der Waals surface area contributed by atoms with Crippen molar-refractivity contribution in [3.8, 4) is 0 Å². The Kier molecular flexibility index (Phi) is 3.33. The quantitative estimate of drug-likeness (QED) is 0.788. The number of morpholine rings is 1. The summed E-state index contributed by atoms with van der Waals surface area (Å²) in [5.74, 6) is -0.110. The van der Waals surface area contributed by atoms with Crippen molar-refractivity contribution in [2.45, 2.75) is 18.7 Å². The molecule has 4 heteroatoms. The predicted octanol–water partition coefficient (Wildman–Crippen LogP) is 1.34. The van der Waals surface area contributed by atoms with Crippen molar-refractivity contribution < 1.29 is 9.13 Å². The van der Waals surface area contributed by atoms with Crippen molar-refractivity contribution in [2.75, 3.05) is 33.3 Å². The number of halogens is 1. The number of likely N-dealkylation sites (tertiary alicyclic amines) is 1. The lowest BCUT2D eigenvalue weighted by atomic mass is 10.1. The Hall–Kier alpha value is -0.970. The molecule has 0 amide bonds. The second kappa shape index (κ2) is 4.96. The Balaban J connectivity index is 1.67. The molecule has 98 valence electrons. The average Bonchev–Trinajstić information content (AvgIpc) is 2.76. The molecular weight excluding hydrogens is 231 g/mol. The zero-order valence-corrected chi connectivity index (χ0v) is 10.7. The van der Waals surface area contributed by atoms with Crippen molar-refractivity contribution in [3.63, 3.8) is 0 Å². The first-order valence-electron chi connectivity index (χ1n) is 6.51. The third kappa shape index (κ3) is 2.28. The highest BCUT2D eigenvalue weighted by Crippen LogP contribution is 2.23. The summed E-state index contributed by atoms with van der Waals surface area (Å²) < 4.78 is 19.4. The molecule has 0 N–H and O–H groups in total. The van der Waals surface area contributed by atoms with E-state index in [0.717, 1.165) is 31.8 Å². The van der Waals surface area contributed by atoms with Gasteiger partial charge in [0.1, 0.15) is 5.82 Å². The topological polar surface area (TPSA) is 15.7 Å². The van der Waals surface area contributed by atoms with Crippen molar-refractivity contribution in [1.82, 2.24) is 9.80 Å². The van der Waals surface area contributed by atoms with E-state index in [1.165, 1.54) is 6.07 Å². The van der Waals surface area contributed by atoms with Crippen molar-refractivity contribution >= 4 is 0 Å². The lowest BCUT2D eigenvalue weighted by Crippen LogP contribution is -2.48. The standard InChI is InChI=1S/C14H19FN2O/c1-16-6-7-18-14-10-17(9-13(14)16)8-11-4-2-3-5-12(11)15/h2-5,13-14H,6-10H2,1H3/t13-,14+/m0/s1. The molecule has 0 aliphatic carbocycles. The Morgan fingerprint density at radius 3 is 2.94 bits per heavy atom. The van der Waals surface area contributed by atoms with Gasteiger partial charge < -0.3 is 4.74 Å². The molecule has 0 bridgehead atoms. The van der Waals surface area contributed by atoms with E-state index in [-0.39, 0.29) is 11.9 Å². The molecule has 0 aromatic heterocycles. The van der Waals surface area contributed by atoms with Crippen molar-refractivity contribution in [3.05, 3.63) is 35.6 Å². The minimum absolute atomic E-state index is 0.110. The van der Waals surface area contributed by atoms with E-state index in [9.17, 15) is 4.39 Å². The number of fused-ring (bicyclic) bond motifs is 1. The van der Waals surface area contributed by atoms with Crippen LogP contribution >= 0.6 is 0 Å². The van der Waals surface area contributed by atoms with Gasteiger partial charge in [-0.15, -0.1) is 0 Å². The second-order valence-corrected chi connectivity index (χ2v) is 5.24. The Morgan fingerprint density at radius 2 is 2.17 bits per heavy atom. The van der Waals surface area contributed by atoms with E-state index < -0.39 is 0 Å². The highest BCUT2D eigenvalue weighted by Gasteiger charge is 2.38. The van der Waals surface area contributed by atoms with E-state index in [0.29, 0.717) is 12.6 Å². The first-order valence-corrected chi connectivity index (χ1v) is 6.51. The van der Waals surface area contributed by atoms with Crippen LogP contribution in [-0.4, -0.2) is 55.2 Å². The molecule has 18 heavy (non-hydrogen) atoms. The van der Waals surface area contributed by atoms with Crippen LogP contribution in [0.1, 0.15) is 5.56 Å². The summed E-state index contributed by atoms with van der Waals surface area (Å²) in [6.07, 6.45) is 0.288. The first kappa shape index (κ1) is 12.1. The van der Waals surface area contributed by atoms with E-state index in [1.54, 1.807) is 6.07 Å². The van der Waals surface area contributed by atoms with Crippen molar-refractivity contribution in [2.24, 2.45) is 0 Å². The lowest BCUT2D eigenvalue weighted by molar-refractivity contribution is -0.0370. The molecule has 2 fully saturated rings. The van der Waals surface area contributed by atoms with E-state index in [2.05, 4.69) is 16.8 Å².